The number of aliphatic hydroxyl groups excluding tert-OH is 2. The lowest BCUT2D eigenvalue weighted by Gasteiger charge is -2.17. The highest BCUT2D eigenvalue weighted by Gasteiger charge is 2.22. The predicted molar refractivity (Wildman–Crippen MR) is 65.0 cm³/mol. The minimum absolute atomic E-state index is 0.0656. The molecule has 0 amide bonds. The molecule has 2 atom stereocenters. The van der Waals surface area contributed by atoms with E-state index in [0.29, 0.717) is 0 Å². The lowest BCUT2D eigenvalue weighted by molar-refractivity contribution is -0.147. The molecule has 0 radical (unpaired) electrons. The second-order valence-electron chi connectivity index (χ2n) is 3.91. The Morgan fingerprint density at radius 1 is 1.47 bits per heavy atom. The smallest absolute Gasteiger partial charge is 0.308 e. The molecule has 1 rings (SSSR count). The van der Waals surface area contributed by atoms with Crippen molar-refractivity contribution in [3.63, 3.8) is 0 Å². The molecule has 1 aromatic rings. The number of aromatic hydroxyl groups is 1. The Morgan fingerprint density at radius 3 is 2.68 bits per heavy atom. The van der Waals surface area contributed by atoms with Crippen LogP contribution in [0.15, 0.2) is 18.2 Å². The summed E-state index contributed by atoms with van der Waals surface area (Å²) in [6.45, 7) is 1.83. The first-order valence-corrected chi connectivity index (χ1v) is 5.74. The van der Waals surface area contributed by atoms with Crippen LogP contribution in [-0.2, 0) is 9.53 Å². The second-order valence-corrected chi connectivity index (χ2v) is 3.91. The Kier molecular flexibility index (Phi) is 5.30. The number of carbonyl (C=O) groups is 1. The average molecular weight is 265 g/mol. The molecule has 0 spiro atoms. The third-order valence-corrected chi connectivity index (χ3v) is 2.53. The van der Waals surface area contributed by atoms with Gasteiger partial charge < -0.3 is 20.1 Å². The third-order valence-electron chi connectivity index (χ3n) is 2.53. The second kappa shape index (κ2) is 6.73. The molecule has 6 nitrogen and oxygen atoms in total. The van der Waals surface area contributed by atoms with E-state index in [0.717, 1.165) is 0 Å². The largest absolute Gasteiger partial charge is 0.507 e. The number of carbonyl (C=O) groups excluding carboxylic acids is 1. The zero-order chi connectivity index (χ0) is 14.4. The van der Waals surface area contributed by atoms with Gasteiger partial charge in [-0.1, -0.05) is 6.07 Å². The Balaban J connectivity index is 2.77. The number of phenolic OH excluding ortho intramolecular Hbond substituents is 1. The normalized spacial score (nSPS) is 13.4. The van der Waals surface area contributed by atoms with Crippen LogP contribution in [0.2, 0.25) is 0 Å². The van der Waals surface area contributed by atoms with Gasteiger partial charge in [-0.3, -0.25) is 4.79 Å². The van der Waals surface area contributed by atoms with Gasteiger partial charge in [-0.15, -0.1) is 0 Å². The van der Waals surface area contributed by atoms with Crippen molar-refractivity contribution in [3.05, 3.63) is 29.3 Å². The van der Waals surface area contributed by atoms with E-state index >= 15 is 0 Å². The highest BCUT2D eigenvalue weighted by atomic mass is 16.5. The number of hydrogen-bond acceptors (Lipinski definition) is 6. The van der Waals surface area contributed by atoms with Crippen molar-refractivity contribution in [1.82, 2.24) is 0 Å². The van der Waals surface area contributed by atoms with Crippen LogP contribution < -0.4 is 0 Å². The highest BCUT2D eigenvalue weighted by Crippen LogP contribution is 2.25. The molecule has 2 unspecified atom stereocenters. The van der Waals surface area contributed by atoms with E-state index in [9.17, 15) is 20.1 Å². The quantitative estimate of drug-likeness (QED) is 0.673. The van der Waals surface area contributed by atoms with Crippen LogP contribution in [-0.4, -0.2) is 34.0 Å². The van der Waals surface area contributed by atoms with E-state index in [1.54, 1.807) is 13.0 Å². The van der Waals surface area contributed by atoms with E-state index in [-0.39, 0.29) is 29.9 Å². The predicted octanol–water partition coefficient (Wildman–Crippen LogP) is 0.611. The number of nitrogens with zero attached hydrogens (tertiary/aromatic N) is 1. The molecule has 0 saturated heterocycles. The van der Waals surface area contributed by atoms with Crippen LogP contribution >= 0.6 is 0 Å². The Bertz CT molecular complexity index is 494. The fraction of sp³-hybridized carbons (Fsp3) is 0.385. The number of ether oxygens (including phenoxy) is 1. The van der Waals surface area contributed by atoms with Gasteiger partial charge in [0.25, 0.3) is 0 Å². The summed E-state index contributed by atoms with van der Waals surface area (Å²) in [6.07, 6.45) is -3.04. The van der Waals surface area contributed by atoms with Crippen molar-refractivity contribution >= 4 is 5.97 Å². The summed E-state index contributed by atoms with van der Waals surface area (Å²) in [7, 11) is 0. The van der Waals surface area contributed by atoms with E-state index in [2.05, 4.69) is 4.74 Å². The minimum Gasteiger partial charge on any atom is -0.507 e. The number of aliphatic hydroxyl groups is 2. The van der Waals surface area contributed by atoms with Crippen molar-refractivity contribution in [1.29, 1.82) is 5.26 Å². The standard InChI is InChI=1S/C13H15NO5/c1-2-19-12(17)6-11(16)13(18)8-3-4-9(7-14)10(15)5-8/h3-5,11,13,15-16,18H,2,6H2,1H3. The number of hydrogen-bond donors (Lipinski definition) is 3. The van der Waals surface area contributed by atoms with Gasteiger partial charge in [0.1, 0.15) is 17.9 Å². The van der Waals surface area contributed by atoms with Crippen LogP contribution in [0.4, 0.5) is 0 Å². The number of rotatable bonds is 5. The van der Waals surface area contributed by atoms with E-state index in [1.807, 2.05) is 0 Å². The van der Waals surface area contributed by atoms with Crippen molar-refractivity contribution in [3.8, 4) is 11.8 Å². The third kappa shape index (κ3) is 3.95. The van der Waals surface area contributed by atoms with E-state index in [1.165, 1.54) is 18.2 Å². The van der Waals surface area contributed by atoms with Gasteiger partial charge in [0.15, 0.2) is 0 Å². The van der Waals surface area contributed by atoms with Crippen LogP contribution in [0.3, 0.4) is 0 Å². The maximum Gasteiger partial charge on any atom is 0.308 e. The summed E-state index contributed by atoms with van der Waals surface area (Å²) < 4.78 is 4.66. The summed E-state index contributed by atoms with van der Waals surface area (Å²) in [5.41, 5.74) is 0.282. The Morgan fingerprint density at radius 2 is 2.16 bits per heavy atom. The zero-order valence-electron chi connectivity index (χ0n) is 10.4. The molecule has 0 aliphatic rings. The fourth-order valence-corrected chi connectivity index (χ4v) is 1.55. The van der Waals surface area contributed by atoms with Gasteiger partial charge in [0, 0.05) is 0 Å². The van der Waals surface area contributed by atoms with Crippen LogP contribution in [0.25, 0.3) is 0 Å². The Hall–Kier alpha value is -2.10. The van der Waals surface area contributed by atoms with Crippen molar-refractivity contribution in [2.24, 2.45) is 0 Å². The van der Waals surface area contributed by atoms with Crippen molar-refractivity contribution in [2.45, 2.75) is 25.6 Å². The molecular formula is C13H15NO5. The maximum absolute atomic E-state index is 11.2. The number of benzene rings is 1. The molecule has 102 valence electrons. The first kappa shape index (κ1) is 15.0. The van der Waals surface area contributed by atoms with Gasteiger partial charge in [-0.2, -0.15) is 5.26 Å². The zero-order valence-corrected chi connectivity index (χ0v) is 10.4. The summed E-state index contributed by atoms with van der Waals surface area (Å²) >= 11 is 0. The summed E-state index contributed by atoms with van der Waals surface area (Å²) in [4.78, 5) is 11.2. The van der Waals surface area contributed by atoms with Crippen molar-refractivity contribution in [2.75, 3.05) is 6.61 Å². The van der Waals surface area contributed by atoms with Gasteiger partial charge in [-0.05, 0) is 24.6 Å². The molecule has 0 aromatic heterocycles. The molecule has 0 aliphatic carbocycles. The lowest BCUT2D eigenvalue weighted by Crippen LogP contribution is -2.23. The molecular weight excluding hydrogens is 250 g/mol. The monoisotopic (exact) mass is 265 g/mol. The number of esters is 1. The molecule has 0 aliphatic heterocycles. The van der Waals surface area contributed by atoms with Crippen molar-refractivity contribution < 1.29 is 24.9 Å². The lowest BCUT2D eigenvalue weighted by atomic mass is 10.0. The molecule has 0 fully saturated rings. The van der Waals surface area contributed by atoms with E-state index in [4.69, 9.17) is 5.26 Å². The van der Waals surface area contributed by atoms with Gasteiger partial charge >= 0.3 is 5.97 Å². The minimum atomic E-state index is -1.34. The SMILES string of the molecule is CCOC(=O)CC(O)C(O)c1ccc(C#N)c(O)c1. The molecule has 0 bridgehead atoms. The topological polar surface area (TPSA) is 111 Å². The molecule has 19 heavy (non-hydrogen) atoms. The van der Waals surface area contributed by atoms with Crippen LogP contribution in [0.5, 0.6) is 5.75 Å². The van der Waals surface area contributed by atoms with Crippen LogP contribution in [0, 0.1) is 11.3 Å². The first-order valence-electron chi connectivity index (χ1n) is 5.74. The Labute approximate surface area is 110 Å². The molecule has 1 aromatic carbocycles. The van der Waals surface area contributed by atoms with Gasteiger partial charge in [0.2, 0.25) is 0 Å². The van der Waals surface area contributed by atoms with Crippen LogP contribution in [0.1, 0.15) is 30.6 Å². The highest BCUT2D eigenvalue weighted by molar-refractivity contribution is 5.70. The average Bonchev–Trinajstić information content (AvgIpc) is 2.37. The summed E-state index contributed by atoms with van der Waals surface area (Å²) in [6, 6.07) is 5.67. The maximum atomic E-state index is 11.2. The molecule has 0 heterocycles. The summed E-state index contributed by atoms with van der Waals surface area (Å²) in [5.74, 6) is -0.908. The van der Waals surface area contributed by atoms with Gasteiger partial charge in [0.05, 0.1) is 24.7 Å². The van der Waals surface area contributed by atoms with Gasteiger partial charge in [-0.25, -0.2) is 0 Å². The molecule has 6 heteroatoms. The summed E-state index contributed by atoms with van der Waals surface area (Å²) in [5, 5.41) is 37.7. The molecule has 3 N–H and O–H groups in total. The fourth-order valence-electron chi connectivity index (χ4n) is 1.55. The number of nitriles is 1. The number of phenols is 1. The molecule has 0 saturated carbocycles. The first-order chi connectivity index (χ1) is 8.99. The van der Waals surface area contributed by atoms with E-state index < -0.39 is 18.2 Å².